The van der Waals surface area contributed by atoms with Gasteiger partial charge in [0.25, 0.3) is 11.8 Å². The molecule has 0 aliphatic heterocycles. The number of anilines is 2. The summed E-state index contributed by atoms with van der Waals surface area (Å²) in [6, 6.07) is 5.68. The van der Waals surface area contributed by atoms with Crippen molar-refractivity contribution in [3.05, 3.63) is 21.8 Å². The van der Waals surface area contributed by atoms with E-state index in [1.807, 2.05) is 32.3 Å². The number of aromatic nitrogens is 2. The Balaban J connectivity index is 2.46. The molecule has 0 aliphatic carbocycles. The molecule has 84 valence electrons. The van der Waals surface area contributed by atoms with E-state index in [-0.39, 0.29) is 0 Å². The van der Waals surface area contributed by atoms with Crippen LogP contribution in [0.4, 0.5) is 11.6 Å². The van der Waals surface area contributed by atoms with E-state index >= 15 is 0 Å². The van der Waals surface area contributed by atoms with Crippen molar-refractivity contribution in [2.45, 2.75) is 0 Å². The monoisotopic (exact) mass is 330 g/mol. The number of hydrogen-bond donors (Lipinski definition) is 1. The van der Waals surface area contributed by atoms with Gasteiger partial charge in [-0.1, -0.05) is 0 Å². The van der Waals surface area contributed by atoms with Gasteiger partial charge in [-0.2, -0.15) is 4.98 Å². The van der Waals surface area contributed by atoms with Gasteiger partial charge in [0.05, 0.1) is 5.56 Å². The Hall–Kier alpha value is -1.31. The van der Waals surface area contributed by atoms with Gasteiger partial charge >= 0.3 is 0 Å². The Morgan fingerprint density at radius 2 is 2.12 bits per heavy atom. The maximum absolute atomic E-state index is 5.86. The number of rotatable bonds is 2. The number of nitrogens with zero attached hydrogens (tertiary/aromatic N) is 3. The third-order valence-electron chi connectivity index (χ3n) is 2.06. The molecule has 5 nitrogen and oxygen atoms in total. The lowest BCUT2D eigenvalue weighted by atomic mass is 10.2. The number of nitrogen functional groups attached to an aromatic ring is 1. The molecule has 0 unspecified atom stereocenters. The van der Waals surface area contributed by atoms with Gasteiger partial charge in [0.2, 0.25) is 0 Å². The minimum absolute atomic E-state index is 0.444. The molecule has 0 saturated heterocycles. The molecular formula is C10H11IN4O. The van der Waals surface area contributed by atoms with Crippen molar-refractivity contribution in [3.8, 4) is 11.5 Å². The summed E-state index contributed by atoms with van der Waals surface area (Å²) in [5.74, 6) is 0.980. The Morgan fingerprint density at radius 1 is 1.38 bits per heavy atom. The molecule has 2 N–H and O–H groups in total. The normalized spacial score (nSPS) is 10.4. The number of nitrogens with two attached hydrogens (primary N) is 1. The molecule has 2 aromatic rings. The van der Waals surface area contributed by atoms with Crippen molar-refractivity contribution in [1.29, 1.82) is 0 Å². The van der Waals surface area contributed by atoms with Crippen molar-refractivity contribution in [1.82, 2.24) is 10.1 Å². The van der Waals surface area contributed by atoms with Crippen LogP contribution in [0.3, 0.4) is 0 Å². The van der Waals surface area contributed by atoms with Crippen molar-refractivity contribution >= 4 is 34.2 Å². The van der Waals surface area contributed by atoms with E-state index in [1.165, 1.54) is 0 Å². The second-order valence-corrected chi connectivity index (χ2v) is 4.77. The first-order valence-electron chi connectivity index (χ1n) is 4.64. The van der Waals surface area contributed by atoms with Crippen molar-refractivity contribution in [2.24, 2.45) is 0 Å². The van der Waals surface area contributed by atoms with Crippen LogP contribution in [0.15, 0.2) is 22.7 Å². The second kappa shape index (κ2) is 4.28. The van der Waals surface area contributed by atoms with E-state index in [9.17, 15) is 0 Å². The zero-order chi connectivity index (χ0) is 11.7. The third kappa shape index (κ3) is 2.11. The van der Waals surface area contributed by atoms with Crippen LogP contribution in [0.25, 0.3) is 11.5 Å². The lowest BCUT2D eigenvalue weighted by Crippen LogP contribution is -2.10. The molecule has 0 aliphatic rings. The fraction of sp³-hybridized carbons (Fsp3) is 0.200. The van der Waals surface area contributed by atoms with E-state index in [0.717, 1.165) is 9.13 Å². The summed E-state index contributed by atoms with van der Waals surface area (Å²) in [5.41, 5.74) is 7.27. The van der Waals surface area contributed by atoms with Crippen LogP contribution in [0, 0.1) is 3.57 Å². The molecule has 0 bridgehead atoms. The van der Waals surface area contributed by atoms with Crippen LogP contribution in [-0.2, 0) is 0 Å². The van der Waals surface area contributed by atoms with Crippen molar-refractivity contribution < 1.29 is 4.52 Å². The zero-order valence-corrected chi connectivity index (χ0v) is 11.1. The highest BCUT2D eigenvalue weighted by Gasteiger charge is 2.12. The zero-order valence-electron chi connectivity index (χ0n) is 8.94. The predicted molar refractivity (Wildman–Crippen MR) is 71.2 cm³/mol. The van der Waals surface area contributed by atoms with Crippen LogP contribution in [0.1, 0.15) is 0 Å². The van der Waals surface area contributed by atoms with Crippen LogP contribution in [0.5, 0.6) is 0 Å². The molecular weight excluding hydrogens is 319 g/mol. The maximum Gasteiger partial charge on any atom is 0.265 e. The highest BCUT2D eigenvalue weighted by Crippen LogP contribution is 2.27. The summed E-state index contributed by atoms with van der Waals surface area (Å²) in [6.07, 6.45) is 0. The van der Waals surface area contributed by atoms with E-state index in [0.29, 0.717) is 17.5 Å². The molecule has 6 heteroatoms. The minimum atomic E-state index is 0.444. The van der Waals surface area contributed by atoms with Crippen LogP contribution >= 0.6 is 22.6 Å². The number of benzene rings is 1. The Morgan fingerprint density at radius 3 is 2.75 bits per heavy atom. The summed E-state index contributed by atoms with van der Waals surface area (Å²) in [6.45, 7) is 0. The molecule has 0 spiro atoms. The standard InChI is InChI=1S/C10H11IN4O/c1-15(2)10-13-9(16-14-10)7-5-6(11)3-4-8(7)12/h3-5H,12H2,1-2H3. The third-order valence-corrected chi connectivity index (χ3v) is 2.73. The molecule has 0 atom stereocenters. The van der Waals surface area contributed by atoms with Gasteiger partial charge in [-0.25, -0.2) is 0 Å². The summed E-state index contributed by atoms with van der Waals surface area (Å²) in [5, 5.41) is 3.84. The van der Waals surface area contributed by atoms with Gasteiger partial charge in [0.15, 0.2) is 0 Å². The van der Waals surface area contributed by atoms with Crippen molar-refractivity contribution in [3.63, 3.8) is 0 Å². The molecule has 0 amide bonds. The topological polar surface area (TPSA) is 68.2 Å². The average Bonchev–Trinajstić information content (AvgIpc) is 2.70. The van der Waals surface area contributed by atoms with Gasteiger partial charge in [-0.3, -0.25) is 0 Å². The molecule has 1 aromatic heterocycles. The summed E-state index contributed by atoms with van der Waals surface area (Å²) < 4.78 is 6.24. The van der Waals surface area contributed by atoms with Gasteiger partial charge in [-0.15, -0.1) is 0 Å². The molecule has 0 fully saturated rings. The average molecular weight is 330 g/mol. The summed E-state index contributed by atoms with van der Waals surface area (Å²) >= 11 is 2.21. The first-order valence-corrected chi connectivity index (χ1v) is 5.72. The molecule has 0 radical (unpaired) electrons. The molecule has 16 heavy (non-hydrogen) atoms. The highest BCUT2D eigenvalue weighted by molar-refractivity contribution is 14.1. The van der Waals surface area contributed by atoms with Crippen LogP contribution in [-0.4, -0.2) is 24.2 Å². The minimum Gasteiger partial charge on any atom is -0.398 e. The lowest BCUT2D eigenvalue weighted by Gasteiger charge is -2.03. The fourth-order valence-electron chi connectivity index (χ4n) is 1.22. The smallest absolute Gasteiger partial charge is 0.265 e. The van der Waals surface area contributed by atoms with E-state index in [1.54, 1.807) is 4.90 Å². The lowest BCUT2D eigenvalue weighted by molar-refractivity contribution is 0.431. The first-order chi connectivity index (χ1) is 7.58. The quantitative estimate of drug-likeness (QED) is 0.674. The fourth-order valence-corrected chi connectivity index (χ4v) is 1.71. The Labute approximate surface area is 107 Å². The molecule has 2 rings (SSSR count). The van der Waals surface area contributed by atoms with Gasteiger partial charge in [-0.05, 0) is 45.9 Å². The number of halogens is 1. The predicted octanol–water partition coefficient (Wildman–Crippen LogP) is 1.99. The van der Waals surface area contributed by atoms with Gasteiger partial charge < -0.3 is 15.2 Å². The van der Waals surface area contributed by atoms with Gasteiger partial charge in [0.1, 0.15) is 0 Å². The van der Waals surface area contributed by atoms with E-state index < -0.39 is 0 Å². The largest absolute Gasteiger partial charge is 0.398 e. The van der Waals surface area contributed by atoms with Crippen LogP contribution < -0.4 is 10.6 Å². The molecule has 1 aromatic carbocycles. The first kappa shape index (κ1) is 11.2. The Kier molecular flexibility index (Phi) is 2.99. The highest BCUT2D eigenvalue weighted by atomic mass is 127. The van der Waals surface area contributed by atoms with Gasteiger partial charge in [0, 0.05) is 23.4 Å². The summed E-state index contributed by atoms with van der Waals surface area (Å²) in [4.78, 5) is 6.02. The van der Waals surface area contributed by atoms with E-state index in [2.05, 4.69) is 32.7 Å². The van der Waals surface area contributed by atoms with Crippen LogP contribution in [0.2, 0.25) is 0 Å². The molecule has 1 heterocycles. The SMILES string of the molecule is CN(C)c1noc(-c2cc(I)ccc2N)n1. The van der Waals surface area contributed by atoms with Crippen molar-refractivity contribution in [2.75, 3.05) is 24.7 Å². The van der Waals surface area contributed by atoms with E-state index in [4.69, 9.17) is 10.3 Å². The summed E-state index contributed by atoms with van der Waals surface area (Å²) in [7, 11) is 3.71. The Bertz CT molecular complexity index is 509. The number of hydrogen-bond acceptors (Lipinski definition) is 5. The second-order valence-electron chi connectivity index (χ2n) is 3.53. The maximum atomic E-state index is 5.86. The molecule has 0 saturated carbocycles.